The van der Waals surface area contributed by atoms with Gasteiger partial charge in [-0.3, -0.25) is 4.79 Å². The van der Waals surface area contributed by atoms with Crippen LogP contribution in [0, 0.1) is 13.8 Å². The minimum Gasteiger partial charge on any atom is -0.301 e. The molecule has 0 saturated heterocycles. The number of unbranched alkanes of at least 4 members (excludes halogenated alkanes) is 2. The summed E-state index contributed by atoms with van der Waals surface area (Å²) in [4.78, 5) is 19.8. The Morgan fingerprint density at radius 2 is 2.04 bits per heavy atom. The fourth-order valence-corrected chi connectivity index (χ4v) is 3.39. The Morgan fingerprint density at radius 1 is 1.21 bits per heavy atom. The molecule has 2 aromatic heterocycles. The zero-order valence-electron chi connectivity index (χ0n) is 14.3. The van der Waals surface area contributed by atoms with E-state index in [1.165, 1.54) is 24.0 Å². The normalized spacial score (nSPS) is 11.3. The van der Waals surface area contributed by atoms with Gasteiger partial charge >= 0.3 is 0 Å². The number of aromatic nitrogens is 4. The molecule has 3 aromatic rings. The summed E-state index contributed by atoms with van der Waals surface area (Å²) in [5, 5.41) is 5.55. The SMILES string of the molecule is CCCCCSc1nc2c(cnn2-c2ccc(C)c(C)c2)c(=O)[nH]1. The Kier molecular flexibility index (Phi) is 5.04. The van der Waals surface area contributed by atoms with Crippen molar-refractivity contribution in [1.82, 2.24) is 19.7 Å². The summed E-state index contributed by atoms with van der Waals surface area (Å²) in [5.41, 5.74) is 3.82. The summed E-state index contributed by atoms with van der Waals surface area (Å²) in [5.74, 6) is 0.958. The number of thioether (sulfide) groups is 1. The van der Waals surface area contributed by atoms with Crippen LogP contribution in [0.5, 0.6) is 0 Å². The molecule has 0 unspecified atom stereocenters. The first-order valence-electron chi connectivity index (χ1n) is 8.28. The van der Waals surface area contributed by atoms with Gasteiger partial charge in [0.1, 0.15) is 5.39 Å². The van der Waals surface area contributed by atoms with Crippen LogP contribution < -0.4 is 5.56 Å². The maximum Gasteiger partial charge on any atom is 0.262 e. The van der Waals surface area contributed by atoms with Crippen LogP contribution in [0.1, 0.15) is 37.3 Å². The Hall–Kier alpha value is -2.08. The molecule has 0 fully saturated rings. The minimum atomic E-state index is -0.131. The molecule has 0 amide bonds. The second-order valence-corrected chi connectivity index (χ2v) is 7.07. The van der Waals surface area contributed by atoms with E-state index in [-0.39, 0.29) is 5.56 Å². The van der Waals surface area contributed by atoms with Gasteiger partial charge < -0.3 is 4.98 Å². The lowest BCUT2D eigenvalue weighted by Gasteiger charge is -2.07. The monoisotopic (exact) mass is 342 g/mol. The standard InChI is InChI=1S/C18H22N4OS/c1-4-5-6-9-24-18-20-16-15(17(23)21-18)11-19-22(16)14-8-7-12(2)13(3)10-14/h7-8,10-11H,4-6,9H2,1-3H3,(H,20,21,23). The number of nitrogens with one attached hydrogen (secondary N) is 1. The first-order valence-corrected chi connectivity index (χ1v) is 9.27. The number of H-pyrrole nitrogens is 1. The van der Waals surface area contributed by atoms with Crippen LogP contribution in [-0.2, 0) is 0 Å². The molecule has 0 spiro atoms. The minimum absolute atomic E-state index is 0.131. The molecule has 0 bridgehead atoms. The first-order chi connectivity index (χ1) is 11.6. The van der Waals surface area contributed by atoms with Gasteiger partial charge in [-0.15, -0.1) is 0 Å². The van der Waals surface area contributed by atoms with Crippen LogP contribution >= 0.6 is 11.8 Å². The zero-order valence-corrected chi connectivity index (χ0v) is 15.1. The van der Waals surface area contributed by atoms with Gasteiger partial charge in [0.15, 0.2) is 10.8 Å². The lowest BCUT2D eigenvalue weighted by atomic mass is 10.1. The number of rotatable bonds is 6. The van der Waals surface area contributed by atoms with Crippen LogP contribution in [0.4, 0.5) is 0 Å². The summed E-state index contributed by atoms with van der Waals surface area (Å²) >= 11 is 1.59. The van der Waals surface area contributed by atoms with Gasteiger partial charge in [0, 0.05) is 5.75 Å². The topological polar surface area (TPSA) is 63.6 Å². The van der Waals surface area contributed by atoms with Crippen molar-refractivity contribution < 1.29 is 0 Å². The van der Waals surface area contributed by atoms with E-state index in [9.17, 15) is 4.79 Å². The van der Waals surface area contributed by atoms with Crippen molar-refractivity contribution in [1.29, 1.82) is 0 Å². The van der Waals surface area contributed by atoms with Gasteiger partial charge in [-0.1, -0.05) is 37.6 Å². The largest absolute Gasteiger partial charge is 0.301 e. The number of aryl methyl sites for hydroxylation is 2. The van der Waals surface area contributed by atoms with Gasteiger partial charge in [0.2, 0.25) is 0 Å². The molecule has 24 heavy (non-hydrogen) atoms. The first kappa shape index (κ1) is 16.8. The fourth-order valence-electron chi connectivity index (χ4n) is 2.53. The number of nitrogens with zero attached hydrogens (tertiary/aromatic N) is 3. The molecule has 1 aromatic carbocycles. The molecule has 2 heterocycles. The van der Waals surface area contributed by atoms with E-state index in [4.69, 9.17) is 0 Å². The summed E-state index contributed by atoms with van der Waals surface area (Å²) < 4.78 is 1.74. The molecule has 5 nitrogen and oxygen atoms in total. The van der Waals surface area contributed by atoms with E-state index >= 15 is 0 Å². The molecule has 0 atom stereocenters. The molecule has 0 radical (unpaired) electrons. The lowest BCUT2D eigenvalue weighted by molar-refractivity contribution is 0.777. The third-order valence-electron chi connectivity index (χ3n) is 4.14. The number of aromatic amines is 1. The third kappa shape index (κ3) is 3.38. The maximum absolute atomic E-state index is 12.3. The molecular formula is C18H22N4OS. The highest BCUT2D eigenvalue weighted by Gasteiger charge is 2.12. The van der Waals surface area contributed by atoms with Crippen molar-refractivity contribution in [3.8, 4) is 5.69 Å². The van der Waals surface area contributed by atoms with E-state index in [2.05, 4.69) is 48.0 Å². The van der Waals surface area contributed by atoms with Gasteiger partial charge in [0.25, 0.3) is 5.56 Å². The summed E-state index contributed by atoms with van der Waals surface area (Å²) in [7, 11) is 0. The van der Waals surface area contributed by atoms with Crippen molar-refractivity contribution >= 4 is 22.8 Å². The quantitative estimate of drug-likeness (QED) is 0.418. The zero-order chi connectivity index (χ0) is 17.1. The fraction of sp³-hybridized carbons (Fsp3) is 0.389. The molecular weight excluding hydrogens is 320 g/mol. The number of fused-ring (bicyclic) bond motifs is 1. The van der Waals surface area contributed by atoms with E-state index in [0.717, 1.165) is 17.9 Å². The molecule has 1 N–H and O–H groups in total. The average Bonchev–Trinajstić information content (AvgIpc) is 2.99. The highest BCUT2D eigenvalue weighted by atomic mass is 32.2. The van der Waals surface area contributed by atoms with E-state index in [0.29, 0.717) is 16.2 Å². The summed E-state index contributed by atoms with van der Waals surface area (Å²) in [6.45, 7) is 6.33. The number of benzene rings is 1. The number of hydrogen-bond donors (Lipinski definition) is 1. The van der Waals surface area contributed by atoms with Crippen LogP contribution in [-0.4, -0.2) is 25.5 Å². The van der Waals surface area contributed by atoms with E-state index in [1.54, 1.807) is 22.6 Å². The smallest absolute Gasteiger partial charge is 0.262 e. The predicted molar refractivity (Wildman–Crippen MR) is 99.2 cm³/mol. The van der Waals surface area contributed by atoms with Crippen molar-refractivity contribution in [3.63, 3.8) is 0 Å². The second-order valence-electron chi connectivity index (χ2n) is 5.99. The van der Waals surface area contributed by atoms with Crippen LogP contribution in [0.25, 0.3) is 16.7 Å². The van der Waals surface area contributed by atoms with Gasteiger partial charge in [-0.25, -0.2) is 9.67 Å². The van der Waals surface area contributed by atoms with Gasteiger partial charge in [0.05, 0.1) is 11.9 Å². The average molecular weight is 342 g/mol. The molecule has 0 saturated carbocycles. The van der Waals surface area contributed by atoms with Crippen molar-refractivity contribution in [3.05, 3.63) is 45.9 Å². The van der Waals surface area contributed by atoms with Crippen LogP contribution in [0.2, 0.25) is 0 Å². The summed E-state index contributed by atoms with van der Waals surface area (Å²) in [6, 6.07) is 6.14. The highest BCUT2D eigenvalue weighted by Crippen LogP contribution is 2.20. The highest BCUT2D eigenvalue weighted by molar-refractivity contribution is 7.99. The molecule has 6 heteroatoms. The Morgan fingerprint density at radius 3 is 2.79 bits per heavy atom. The van der Waals surface area contributed by atoms with E-state index in [1.807, 2.05) is 6.07 Å². The molecule has 126 valence electrons. The van der Waals surface area contributed by atoms with Crippen LogP contribution in [0.15, 0.2) is 34.3 Å². The Labute approximate surface area is 145 Å². The molecule has 0 aliphatic heterocycles. The lowest BCUT2D eigenvalue weighted by Crippen LogP contribution is -2.10. The van der Waals surface area contributed by atoms with E-state index < -0.39 is 0 Å². The molecule has 3 rings (SSSR count). The Bertz CT molecular complexity index is 913. The Balaban J connectivity index is 1.98. The van der Waals surface area contributed by atoms with Crippen molar-refractivity contribution in [2.45, 2.75) is 45.2 Å². The number of hydrogen-bond acceptors (Lipinski definition) is 4. The predicted octanol–water partition coefficient (Wildman–Crippen LogP) is 4.01. The summed E-state index contributed by atoms with van der Waals surface area (Å²) in [6.07, 6.45) is 5.09. The van der Waals surface area contributed by atoms with Gasteiger partial charge in [-0.2, -0.15) is 5.10 Å². The maximum atomic E-state index is 12.3. The van der Waals surface area contributed by atoms with Crippen molar-refractivity contribution in [2.24, 2.45) is 0 Å². The molecule has 0 aliphatic carbocycles. The van der Waals surface area contributed by atoms with Crippen molar-refractivity contribution in [2.75, 3.05) is 5.75 Å². The van der Waals surface area contributed by atoms with Crippen LogP contribution in [0.3, 0.4) is 0 Å². The van der Waals surface area contributed by atoms with Gasteiger partial charge in [-0.05, 0) is 43.5 Å². The third-order valence-corrected chi connectivity index (χ3v) is 5.10. The molecule has 0 aliphatic rings. The second kappa shape index (κ2) is 7.21.